The number of hydrogen-bond acceptors (Lipinski definition) is 1. The molecule has 1 aromatic rings. The van der Waals surface area contributed by atoms with Gasteiger partial charge in [-0.1, -0.05) is 5.57 Å². The SMILES string of the molecule is CC1=Cc2[nH]ncc2CC1. The van der Waals surface area contributed by atoms with E-state index in [0.29, 0.717) is 0 Å². The summed E-state index contributed by atoms with van der Waals surface area (Å²) in [5.74, 6) is 0. The molecule has 0 aliphatic heterocycles. The second kappa shape index (κ2) is 1.97. The summed E-state index contributed by atoms with van der Waals surface area (Å²) in [5.41, 5.74) is 3.99. The van der Waals surface area contributed by atoms with Crippen LogP contribution in [0.15, 0.2) is 11.8 Å². The topological polar surface area (TPSA) is 28.7 Å². The standard InChI is InChI=1S/C8H10N2/c1-6-2-3-7-5-9-10-8(7)4-6/h4-5H,2-3H2,1H3,(H,9,10). The van der Waals surface area contributed by atoms with E-state index in [0.717, 1.165) is 6.42 Å². The predicted molar refractivity (Wildman–Crippen MR) is 40.6 cm³/mol. The van der Waals surface area contributed by atoms with Crippen LogP contribution in [0.2, 0.25) is 0 Å². The van der Waals surface area contributed by atoms with Crippen LogP contribution < -0.4 is 0 Å². The summed E-state index contributed by atoms with van der Waals surface area (Å²) >= 11 is 0. The number of H-pyrrole nitrogens is 1. The lowest BCUT2D eigenvalue weighted by molar-refractivity contribution is 0.926. The van der Waals surface area contributed by atoms with E-state index in [-0.39, 0.29) is 0 Å². The number of aromatic amines is 1. The number of hydrogen-bond donors (Lipinski definition) is 1. The molecule has 0 atom stereocenters. The Hall–Kier alpha value is -1.05. The molecule has 2 heteroatoms. The Morgan fingerprint density at radius 1 is 1.50 bits per heavy atom. The lowest BCUT2D eigenvalue weighted by Crippen LogP contribution is -1.93. The van der Waals surface area contributed by atoms with Gasteiger partial charge in [0.15, 0.2) is 0 Å². The first-order chi connectivity index (χ1) is 4.86. The fourth-order valence-corrected chi connectivity index (χ4v) is 1.30. The van der Waals surface area contributed by atoms with Gasteiger partial charge in [0.05, 0.1) is 11.9 Å². The quantitative estimate of drug-likeness (QED) is 0.575. The zero-order valence-corrected chi connectivity index (χ0v) is 6.02. The molecule has 0 radical (unpaired) electrons. The van der Waals surface area contributed by atoms with Gasteiger partial charge in [0.1, 0.15) is 0 Å². The molecular weight excluding hydrogens is 124 g/mol. The van der Waals surface area contributed by atoms with Gasteiger partial charge in [0.25, 0.3) is 0 Å². The Morgan fingerprint density at radius 2 is 2.40 bits per heavy atom. The van der Waals surface area contributed by atoms with Gasteiger partial charge < -0.3 is 0 Å². The Balaban J connectivity index is 2.50. The van der Waals surface area contributed by atoms with Crippen LogP contribution >= 0.6 is 0 Å². The van der Waals surface area contributed by atoms with E-state index in [1.165, 1.54) is 23.3 Å². The largest absolute Gasteiger partial charge is 0.278 e. The van der Waals surface area contributed by atoms with E-state index in [1.807, 2.05) is 6.20 Å². The summed E-state index contributed by atoms with van der Waals surface area (Å²) in [6.45, 7) is 2.16. The lowest BCUT2D eigenvalue weighted by Gasteiger charge is -2.06. The number of nitrogens with one attached hydrogen (secondary N) is 1. The Bertz CT molecular complexity index is 271. The van der Waals surface area contributed by atoms with Gasteiger partial charge in [-0.3, -0.25) is 5.10 Å². The molecule has 1 aliphatic rings. The number of fused-ring (bicyclic) bond motifs is 1. The first-order valence-electron chi connectivity index (χ1n) is 3.55. The molecule has 0 aromatic carbocycles. The summed E-state index contributed by atoms with van der Waals surface area (Å²) in [7, 11) is 0. The zero-order valence-electron chi connectivity index (χ0n) is 6.02. The highest BCUT2D eigenvalue weighted by atomic mass is 15.1. The van der Waals surface area contributed by atoms with Gasteiger partial charge in [0.2, 0.25) is 0 Å². The Labute approximate surface area is 60.0 Å². The third-order valence-electron chi connectivity index (χ3n) is 1.93. The van der Waals surface area contributed by atoms with Crippen LogP contribution in [-0.2, 0) is 6.42 Å². The molecule has 0 amide bonds. The summed E-state index contributed by atoms with van der Waals surface area (Å²) in [4.78, 5) is 0. The van der Waals surface area contributed by atoms with Gasteiger partial charge in [-0.05, 0) is 31.4 Å². The molecule has 0 unspecified atom stereocenters. The normalized spacial score (nSPS) is 16.3. The maximum absolute atomic E-state index is 3.97. The smallest absolute Gasteiger partial charge is 0.0609 e. The fraction of sp³-hybridized carbons (Fsp3) is 0.375. The van der Waals surface area contributed by atoms with Gasteiger partial charge in [-0.25, -0.2) is 0 Å². The third-order valence-corrected chi connectivity index (χ3v) is 1.93. The number of rotatable bonds is 0. The third kappa shape index (κ3) is 0.764. The van der Waals surface area contributed by atoms with E-state index >= 15 is 0 Å². The fourth-order valence-electron chi connectivity index (χ4n) is 1.30. The molecule has 0 bridgehead atoms. The minimum atomic E-state index is 1.15. The van der Waals surface area contributed by atoms with Crippen molar-refractivity contribution in [1.29, 1.82) is 0 Å². The molecule has 0 spiro atoms. The summed E-state index contributed by atoms with van der Waals surface area (Å²) in [5, 5.41) is 6.93. The van der Waals surface area contributed by atoms with Crippen molar-refractivity contribution in [2.75, 3.05) is 0 Å². The van der Waals surface area contributed by atoms with Gasteiger partial charge >= 0.3 is 0 Å². The summed E-state index contributed by atoms with van der Waals surface area (Å²) in [6.07, 6.45) is 6.42. The zero-order chi connectivity index (χ0) is 6.97. The van der Waals surface area contributed by atoms with Gasteiger partial charge in [-0.2, -0.15) is 5.10 Å². The van der Waals surface area contributed by atoms with Gasteiger partial charge in [-0.15, -0.1) is 0 Å². The van der Waals surface area contributed by atoms with Crippen molar-refractivity contribution in [3.8, 4) is 0 Å². The monoisotopic (exact) mass is 134 g/mol. The number of aromatic nitrogens is 2. The van der Waals surface area contributed by atoms with Crippen molar-refractivity contribution in [2.24, 2.45) is 0 Å². The molecule has 1 heterocycles. The minimum absolute atomic E-state index is 1.15. The molecule has 2 rings (SSSR count). The second-order valence-corrected chi connectivity index (χ2v) is 2.80. The first-order valence-corrected chi connectivity index (χ1v) is 3.55. The van der Waals surface area contributed by atoms with Gasteiger partial charge in [0, 0.05) is 0 Å². The van der Waals surface area contributed by atoms with Crippen LogP contribution in [-0.4, -0.2) is 10.2 Å². The molecule has 10 heavy (non-hydrogen) atoms. The molecule has 2 nitrogen and oxygen atoms in total. The molecule has 0 fully saturated rings. The van der Waals surface area contributed by atoms with Crippen LogP contribution in [0.5, 0.6) is 0 Å². The second-order valence-electron chi connectivity index (χ2n) is 2.80. The Kier molecular flexibility index (Phi) is 1.13. The summed E-state index contributed by atoms with van der Waals surface area (Å²) in [6, 6.07) is 0. The summed E-state index contributed by atoms with van der Waals surface area (Å²) < 4.78 is 0. The van der Waals surface area contributed by atoms with Crippen molar-refractivity contribution < 1.29 is 0 Å². The van der Waals surface area contributed by atoms with E-state index in [1.54, 1.807) is 0 Å². The lowest BCUT2D eigenvalue weighted by atomic mass is 9.99. The molecule has 1 N–H and O–H groups in total. The molecule has 0 saturated heterocycles. The van der Waals surface area contributed by atoms with E-state index in [9.17, 15) is 0 Å². The molecule has 1 aromatic heterocycles. The van der Waals surface area contributed by atoms with Crippen molar-refractivity contribution >= 4 is 6.08 Å². The number of aryl methyl sites for hydroxylation is 1. The van der Waals surface area contributed by atoms with Crippen LogP contribution in [0.3, 0.4) is 0 Å². The maximum Gasteiger partial charge on any atom is 0.0609 e. The highest BCUT2D eigenvalue weighted by Crippen LogP contribution is 2.20. The molecule has 0 saturated carbocycles. The average molecular weight is 134 g/mol. The van der Waals surface area contributed by atoms with Crippen LogP contribution in [0, 0.1) is 0 Å². The van der Waals surface area contributed by atoms with E-state index < -0.39 is 0 Å². The average Bonchev–Trinajstić information content (AvgIpc) is 2.33. The van der Waals surface area contributed by atoms with Crippen molar-refractivity contribution in [3.05, 3.63) is 23.0 Å². The highest BCUT2D eigenvalue weighted by molar-refractivity contribution is 5.54. The highest BCUT2D eigenvalue weighted by Gasteiger charge is 2.07. The van der Waals surface area contributed by atoms with Crippen LogP contribution in [0.25, 0.3) is 6.08 Å². The minimum Gasteiger partial charge on any atom is -0.278 e. The predicted octanol–water partition coefficient (Wildman–Crippen LogP) is 1.76. The van der Waals surface area contributed by atoms with Crippen LogP contribution in [0.1, 0.15) is 24.6 Å². The number of nitrogens with zero attached hydrogens (tertiary/aromatic N) is 1. The number of allylic oxidation sites excluding steroid dienone is 1. The molecule has 52 valence electrons. The van der Waals surface area contributed by atoms with Crippen molar-refractivity contribution in [2.45, 2.75) is 19.8 Å². The van der Waals surface area contributed by atoms with E-state index in [2.05, 4.69) is 23.2 Å². The van der Waals surface area contributed by atoms with Crippen molar-refractivity contribution in [3.63, 3.8) is 0 Å². The first kappa shape index (κ1) is 5.71. The molecular formula is C8H10N2. The van der Waals surface area contributed by atoms with Crippen LogP contribution in [0.4, 0.5) is 0 Å². The maximum atomic E-state index is 3.97. The molecule has 1 aliphatic carbocycles. The van der Waals surface area contributed by atoms with Crippen molar-refractivity contribution in [1.82, 2.24) is 10.2 Å². The van der Waals surface area contributed by atoms with E-state index in [4.69, 9.17) is 0 Å². The Morgan fingerprint density at radius 3 is 3.30 bits per heavy atom.